The average Bonchev–Trinajstić information content (AvgIpc) is 3.63. The van der Waals surface area contributed by atoms with Crippen molar-refractivity contribution >= 4 is 29.2 Å². The summed E-state index contributed by atoms with van der Waals surface area (Å²) in [6.07, 6.45) is 9.97. The second-order valence-electron chi connectivity index (χ2n) is 10.1. The van der Waals surface area contributed by atoms with E-state index in [-0.39, 0.29) is 36.6 Å². The zero-order valence-electron chi connectivity index (χ0n) is 22.6. The third-order valence-electron chi connectivity index (χ3n) is 6.80. The van der Waals surface area contributed by atoms with Crippen LogP contribution in [0.4, 0.5) is 10.5 Å². The molecular formula is C28H34N6O5. The van der Waals surface area contributed by atoms with Crippen LogP contribution in [0.2, 0.25) is 0 Å². The van der Waals surface area contributed by atoms with Crippen LogP contribution in [0, 0.1) is 5.92 Å². The Morgan fingerprint density at radius 2 is 2.05 bits per heavy atom. The number of aromatic nitrogens is 3. The molecule has 0 unspecified atom stereocenters. The molecule has 2 aromatic heterocycles. The SMILES string of the molecule is COC(=O)N[C@@H](CC/C=C/C(=O)N(C)C)C(=O)Cc1cccn(CC2=Nc3c(ncnc3CC3CC3)C2)c1=O. The average molecular weight is 535 g/mol. The van der Waals surface area contributed by atoms with Crippen molar-refractivity contribution in [1.29, 1.82) is 0 Å². The van der Waals surface area contributed by atoms with E-state index in [1.165, 1.54) is 30.9 Å². The van der Waals surface area contributed by atoms with Gasteiger partial charge in [0.05, 0.1) is 31.1 Å². The molecule has 1 aliphatic carbocycles. The summed E-state index contributed by atoms with van der Waals surface area (Å²) >= 11 is 0. The molecule has 2 amide bonds. The first-order valence-electron chi connectivity index (χ1n) is 13.1. The summed E-state index contributed by atoms with van der Waals surface area (Å²) in [4.78, 5) is 65.0. The van der Waals surface area contributed by atoms with Crippen molar-refractivity contribution in [2.45, 2.75) is 57.5 Å². The number of nitrogens with one attached hydrogen (secondary N) is 1. The third kappa shape index (κ3) is 7.46. The van der Waals surface area contributed by atoms with Crippen molar-refractivity contribution in [2.24, 2.45) is 10.9 Å². The second kappa shape index (κ2) is 12.6. The van der Waals surface area contributed by atoms with Crippen LogP contribution in [-0.4, -0.2) is 70.2 Å². The number of hydrogen-bond acceptors (Lipinski definition) is 8. The predicted octanol–water partition coefficient (Wildman–Crippen LogP) is 2.18. The van der Waals surface area contributed by atoms with Crippen LogP contribution in [-0.2, 0) is 40.1 Å². The van der Waals surface area contributed by atoms with Gasteiger partial charge in [0.25, 0.3) is 5.56 Å². The van der Waals surface area contributed by atoms with E-state index in [0.717, 1.165) is 29.2 Å². The van der Waals surface area contributed by atoms with Crippen LogP contribution in [0.3, 0.4) is 0 Å². The Balaban J connectivity index is 1.43. The lowest BCUT2D eigenvalue weighted by Gasteiger charge is -2.16. The standard InChI is InChI=1S/C28H34N6O5/c1-33(2)25(36)9-5-4-8-21(32-28(38)39-3)24(35)14-19-7-6-12-34(27(19)37)16-20-15-23-26(31-20)22(29-17-30-23)13-18-10-11-18/h5-7,9,12,17-18,21H,4,8,10-11,13-16H2,1-3H3,(H,32,38)/b9-5+/t21-/m0/s1. The maximum absolute atomic E-state index is 13.2. The molecule has 1 N–H and O–H groups in total. The normalized spacial score (nSPS) is 15.0. The molecular weight excluding hydrogens is 500 g/mol. The van der Waals surface area contributed by atoms with Gasteiger partial charge in [-0.15, -0.1) is 0 Å². The van der Waals surface area contributed by atoms with Gasteiger partial charge in [-0.3, -0.25) is 19.4 Å². The van der Waals surface area contributed by atoms with Crippen molar-refractivity contribution in [2.75, 3.05) is 21.2 Å². The highest BCUT2D eigenvalue weighted by atomic mass is 16.5. The van der Waals surface area contributed by atoms with Crippen LogP contribution >= 0.6 is 0 Å². The summed E-state index contributed by atoms with van der Waals surface area (Å²) in [6, 6.07) is 2.47. The van der Waals surface area contributed by atoms with E-state index in [0.29, 0.717) is 24.3 Å². The monoisotopic (exact) mass is 534 g/mol. The minimum atomic E-state index is -0.873. The fraction of sp³-hybridized carbons (Fsp3) is 0.464. The molecule has 4 rings (SSSR count). The summed E-state index contributed by atoms with van der Waals surface area (Å²) in [5.41, 5.74) is 3.53. The van der Waals surface area contributed by atoms with E-state index in [2.05, 4.69) is 20.0 Å². The molecule has 1 atom stereocenters. The maximum Gasteiger partial charge on any atom is 0.407 e. The Kier molecular flexibility index (Phi) is 9.00. The van der Waals surface area contributed by atoms with Crippen LogP contribution < -0.4 is 10.9 Å². The van der Waals surface area contributed by atoms with E-state index in [9.17, 15) is 19.2 Å². The molecule has 0 aromatic carbocycles. The number of aliphatic imine (C=N–C) groups is 1. The van der Waals surface area contributed by atoms with Crippen LogP contribution in [0.25, 0.3) is 0 Å². The molecule has 2 aromatic rings. The lowest BCUT2D eigenvalue weighted by atomic mass is 10.0. The van der Waals surface area contributed by atoms with Crippen LogP contribution in [0.1, 0.15) is 42.6 Å². The van der Waals surface area contributed by atoms with E-state index in [1.54, 1.807) is 49.4 Å². The third-order valence-corrected chi connectivity index (χ3v) is 6.80. The number of ether oxygens (including phenoxy) is 1. The Bertz CT molecular complexity index is 1360. The van der Waals surface area contributed by atoms with E-state index < -0.39 is 12.1 Å². The van der Waals surface area contributed by atoms with Gasteiger partial charge in [0.2, 0.25) is 5.91 Å². The number of allylic oxidation sites excluding steroid dienone is 1. The molecule has 0 bridgehead atoms. The van der Waals surface area contributed by atoms with Crippen molar-refractivity contribution in [1.82, 2.24) is 24.8 Å². The van der Waals surface area contributed by atoms with Gasteiger partial charge in [-0.1, -0.05) is 12.1 Å². The number of ketones is 1. The minimum absolute atomic E-state index is 0.154. The summed E-state index contributed by atoms with van der Waals surface area (Å²) in [5, 5.41) is 2.54. The number of carbonyl (C=O) groups excluding carboxylic acids is 3. The molecule has 206 valence electrons. The summed E-state index contributed by atoms with van der Waals surface area (Å²) in [5.74, 6) is 0.173. The Morgan fingerprint density at radius 3 is 2.77 bits per heavy atom. The Morgan fingerprint density at radius 1 is 1.26 bits per heavy atom. The number of pyridine rings is 1. The number of rotatable bonds is 12. The molecule has 1 fully saturated rings. The number of Topliss-reactive ketones (excluding diaryl/α,β-unsaturated/α-hetero) is 1. The van der Waals surface area contributed by atoms with Crippen LogP contribution in [0.5, 0.6) is 0 Å². The van der Waals surface area contributed by atoms with Crippen molar-refractivity contribution < 1.29 is 19.1 Å². The summed E-state index contributed by atoms with van der Waals surface area (Å²) < 4.78 is 6.21. The van der Waals surface area contributed by atoms with E-state index in [1.807, 2.05) is 0 Å². The highest BCUT2D eigenvalue weighted by Crippen LogP contribution is 2.36. The predicted molar refractivity (Wildman–Crippen MR) is 145 cm³/mol. The molecule has 0 spiro atoms. The molecule has 11 heteroatoms. The van der Waals surface area contributed by atoms with Gasteiger partial charge in [0, 0.05) is 44.4 Å². The van der Waals surface area contributed by atoms with Gasteiger partial charge >= 0.3 is 6.09 Å². The van der Waals surface area contributed by atoms with Crippen LogP contribution in [0.15, 0.2) is 46.6 Å². The largest absolute Gasteiger partial charge is 0.453 e. The Hall–Kier alpha value is -4.15. The number of amides is 2. The molecule has 3 heterocycles. The number of nitrogens with zero attached hydrogens (tertiary/aromatic N) is 5. The number of alkyl carbamates (subject to hydrolysis) is 1. The summed E-state index contributed by atoms with van der Waals surface area (Å²) in [6.45, 7) is 0.286. The van der Waals surface area contributed by atoms with Crippen molar-refractivity contribution in [3.05, 3.63) is 64.1 Å². The lowest BCUT2D eigenvalue weighted by Crippen LogP contribution is -2.42. The molecule has 0 radical (unpaired) electrons. The lowest BCUT2D eigenvalue weighted by molar-refractivity contribution is -0.123. The molecule has 39 heavy (non-hydrogen) atoms. The molecule has 1 saturated carbocycles. The number of fused-ring (bicyclic) bond motifs is 1. The van der Waals surface area contributed by atoms with Gasteiger partial charge in [-0.25, -0.2) is 14.8 Å². The van der Waals surface area contributed by atoms with E-state index >= 15 is 0 Å². The minimum Gasteiger partial charge on any atom is -0.453 e. The molecule has 0 saturated heterocycles. The first kappa shape index (κ1) is 27.9. The maximum atomic E-state index is 13.2. The highest BCUT2D eigenvalue weighted by molar-refractivity contribution is 5.93. The second-order valence-corrected chi connectivity index (χ2v) is 10.1. The first-order valence-corrected chi connectivity index (χ1v) is 13.1. The fourth-order valence-corrected chi connectivity index (χ4v) is 4.41. The first-order chi connectivity index (χ1) is 18.7. The van der Waals surface area contributed by atoms with Gasteiger partial charge in [0.1, 0.15) is 12.0 Å². The molecule has 11 nitrogen and oxygen atoms in total. The fourth-order valence-electron chi connectivity index (χ4n) is 4.41. The summed E-state index contributed by atoms with van der Waals surface area (Å²) in [7, 11) is 4.50. The zero-order chi connectivity index (χ0) is 27.9. The van der Waals surface area contributed by atoms with Crippen molar-refractivity contribution in [3.63, 3.8) is 0 Å². The van der Waals surface area contributed by atoms with Gasteiger partial charge in [0.15, 0.2) is 5.78 Å². The van der Waals surface area contributed by atoms with Crippen molar-refractivity contribution in [3.8, 4) is 0 Å². The van der Waals surface area contributed by atoms with E-state index in [4.69, 9.17) is 4.99 Å². The molecule has 1 aliphatic heterocycles. The number of likely N-dealkylation sites (N-methyl/N-ethyl adjacent to an activating group) is 1. The van der Waals surface area contributed by atoms with Gasteiger partial charge < -0.3 is 19.5 Å². The number of hydrogen-bond donors (Lipinski definition) is 1. The van der Waals surface area contributed by atoms with Gasteiger partial charge in [-0.05, 0) is 50.2 Å². The molecule has 2 aliphatic rings. The topological polar surface area (TPSA) is 136 Å². The van der Waals surface area contributed by atoms with Gasteiger partial charge in [-0.2, -0.15) is 0 Å². The highest BCUT2D eigenvalue weighted by Gasteiger charge is 2.27. The Labute approximate surface area is 227 Å². The number of carbonyl (C=O) groups is 3. The quantitative estimate of drug-likeness (QED) is 0.412. The smallest absolute Gasteiger partial charge is 0.407 e. The number of methoxy groups -OCH3 is 1. The zero-order valence-corrected chi connectivity index (χ0v) is 22.6.